The highest BCUT2D eigenvalue weighted by Gasteiger charge is 2.29. The van der Waals surface area contributed by atoms with Crippen molar-refractivity contribution in [3.63, 3.8) is 0 Å². The average Bonchev–Trinajstić information content (AvgIpc) is 1.81. The number of halogens is 3. The van der Waals surface area contributed by atoms with Crippen LogP contribution in [0.5, 0.6) is 0 Å². The summed E-state index contributed by atoms with van der Waals surface area (Å²) in [4.78, 5) is 1.80. The number of β-amino-alcohol motifs (C(OH)–C–C–N with tert-alkyl or cyclic N) is 1. The zero-order chi connectivity index (χ0) is 9.19. The van der Waals surface area contributed by atoms with Crippen LogP contribution in [0.25, 0.3) is 0 Å². The smallest absolute Gasteiger partial charge is 0.390 e. The van der Waals surface area contributed by atoms with Crippen molar-refractivity contribution < 1.29 is 18.3 Å². The van der Waals surface area contributed by atoms with Crippen LogP contribution in [-0.4, -0.2) is 47.0 Å². The van der Waals surface area contributed by atoms with Gasteiger partial charge in [-0.2, -0.15) is 13.2 Å². The second-order valence-corrected chi connectivity index (χ2v) is 3.87. The van der Waals surface area contributed by atoms with Crippen LogP contribution in [0.1, 0.15) is 0 Å². The fraction of sp³-hybridized carbons (Fsp3) is 1.00. The lowest BCUT2D eigenvalue weighted by atomic mass is 10.2. The van der Waals surface area contributed by atoms with Crippen molar-refractivity contribution in [1.82, 2.24) is 4.90 Å². The number of likely N-dealkylation sites (tertiary alicyclic amines) is 1. The standard InChI is InChI=1S/C6H10F3NOS/c7-6(8,9)12-2-1-10-3-5(11)4-10/h5,11H,1-4H2. The van der Waals surface area contributed by atoms with Gasteiger partial charge in [0, 0.05) is 25.4 Å². The van der Waals surface area contributed by atoms with Crippen LogP contribution in [0.4, 0.5) is 13.2 Å². The molecule has 0 saturated carbocycles. The maximum atomic E-state index is 11.6. The summed E-state index contributed by atoms with van der Waals surface area (Å²) in [6.45, 7) is 1.43. The van der Waals surface area contributed by atoms with Crippen LogP contribution in [0.15, 0.2) is 0 Å². The number of aliphatic hydroxyl groups excluding tert-OH is 1. The average molecular weight is 201 g/mol. The van der Waals surface area contributed by atoms with Crippen molar-refractivity contribution in [2.24, 2.45) is 0 Å². The maximum absolute atomic E-state index is 11.6. The zero-order valence-corrected chi connectivity index (χ0v) is 7.16. The number of nitrogens with zero attached hydrogens (tertiary/aromatic N) is 1. The zero-order valence-electron chi connectivity index (χ0n) is 6.34. The van der Waals surface area contributed by atoms with Crippen LogP contribution in [0, 0.1) is 0 Å². The Kier molecular flexibility index (Phi) is 3.25. The Balaban J connectivity index is 1.97. The van der Waals surface area contributed by atoms with Gasteiger partial charge in [0.15, 0.2) is 0 Å². The predicted octanol–water partition coefficient (Wildman–Crippen LogP) is 0.916. The Morgan fingerprint density at radius 3 is 2.42 bits per heavy atom. The van der Waals surface area contributed by atoms with Crippen molar-refractivity contribution in [2.45, 2.75) is 11.6 Å². The van der Waals surface area contributed by atoms with Crippen molar-refractivity contribution >= 4 is 11.8 Å². The van der Waals surface area contributed by atoms with Crippen LogP contribution in [-0.2, 0) is 0 Å². The molecule has 1 saturated heterocycles. The molecule has 6 heteroatoms. The van der Waals surface area contributed by atoms with Crippen LogP contribution in [0.2, 0.25) is 0 Å². The molecule has 1 rings (SSSR count). The first-order valence-electron chi connectivity index (χ1n) is 3.58. The highest BCUT2D eigenvalue weighted by Crippen LogP contribution is 2.30. The van der Waals surface area contributed by atoms with Gasteiger partial charge in [-0.15, -0.1) is 0 Å². The number of alkyl halides is 3. The Bertz CT molecular complexity index is 146. The third-order valence-corrected chi connectivity index (χ3v) is 2.33. The third kappa shape index (κ3) is 3.64. The minimum atomic E-state index is -4.12. The molecule has 1 N–H and O–H groups in total. The number of aliphatic hydroxyl groups is 1. The molecule has 72 valence electrons. The summed E-state index contributed by atoms with van der Waals surface area (Å²) in [7, 11) is 0. The Morgan fingerprint density at radius 2 is 2.00 bits per heavy atom. The summed E-state index contributed by atoms with van der Waals surface area (Å²) in [5.41, 5.74) is -4.12. The topological polar surface area (TPSA) is 23.5 Å². The lowest BCUT2D eigenvalue weighted by molar-refractivity contribution is -0.0333. The van der Waals surface area contributed by atoms with Crippen molar-refractivity contribution in [3.8, 4) is 0 Å². The van der Waals surface area contributed by atoms with Gasteiger partial charge in [0.25, 0.3) is 0 Å². The summed E-state index contributed by atoms with van der Waals surface area (Å²) in [6.07, 6.45) is -0.333. The Morgan fingerprint density at radius 1 is 1.42 bits per heavy atom. The monoisotopic (exact) mass is 201 g/mol. The molecular formula is C6H10F3NOS. The minimum Gasteiger partial charge on any atom is -0.390 e. The molecule has 0 aromatic rings. The summed E-state index contributed by atoms with van der Waals surface area (Å²) in [5.74, 6) is 0.0518. The fourth-order valence-corrected chi connectivity index (χ4v) is 1.60. The van der Waals surface area contributed by atoms with Crippen molar-refractivity contribution in [1.29, 1.82) is 0 Å². The van der Waals surface area contributed by atoms with E-state index in [-0.39, 0.29) is 23.6 Å². The highest BCUT2D eigenvalue weighted by atomic mass is 32.2. The lowest BCUT2D eigenvalue weighted by Crippen LogP contribution is -2.51. The van der Waals surface area contributed by atoms with E-state index in [9.17, 15) is 13.2 Å². The highest BCUT2D eigenvalue weighted by molar-refractivity contribution is 8.00. The van der Waals surface area contributed by atoms with E-state index in [2.05, 4.69) is 0 Å². The molecule has 0 atom stereocenters. The molecule has 2 nitrogen and oxygen atoms in total. The van der Waals surface area contributed by atoms with Gasteiger partial charge >= 0.3 is 5.51 Å². The van der Waals surface area contributed by atoms with E-state index >= 15 is 0 Å². The largest absolute Gasteiger partial charge is 0.441 e. The molecular weight excluding hydrogens is 191 g/mol. The van der Waals surface area contributed by atoms with Gasteiger partial charge in [-0.25, -0.2) is 0 Å². The number of hydrogen-bond donors (Lipinski definition) is 1. The van der Waals surface area contributed by atoms with Crippen LogP contribution >= 0.6 is 11.8 Å². The van der Waals surface area contributed by atoms with Gasteiger partial charge in [-0.3, -0.25) is 4.90 Å². The lowest BCUT2D eigenvalue weighted by Gasteiger charge is -2.35. The van der Waals surface area contributed by atoms with Gasteiger partial charge in [-0.1, -0.05) is 0 Å². The quantitative estimate of drug-likeness (QED) is 0.734. The van der Waals surface area contributed by atoms with E-state index < -0.39 is 5.51 Å². The van der Waals surface area contributed by atoms with E-state index in [1.54, 1.807) is 4.90 Å². The van der Waals surface area contributed by atoms with E-state index in [4.69, 9.17) is 5.11 Å². The van der Waals surface area contributed by atoms with Crippen molar-refractivity contribution in [2.75, 3.05) is 25.4 Å². The molecule has 1 aliphatic rings. The van der Waals surface area contributed by atoms with E-state index in [0.717, 1.165) is 0 Å². The SMILES string of the molecule is OC1CN(CCSC(F)(F)F)C1. The minimum absolute atomic E-state index is 0.0109. The number of rotatable bonds is 3. The maximum Gasteiger partial charge on any atom is 0.441 e. The molecule has 1 aliphatic heterocycles. The molecule has 0 aromatic heterocycles. The molecule has 12 heavy (non-hydrogen) atoms. The predicted molar refractivity (Wildman–Crippen MR) is 41.0 cm³/mol. The molecule has 1 heterocycles. The molecule has 0 bridgehead atoms. The summed E-state index contributed by atoms with van der Waals surface area (Å²) in [5, 5.41) is 8.81. The van der Waals surface area contributed by atoms with Gasteiger partial charge in [0.1, 0.15) is 0 Å². The van der Waals surface area contributed by atoms with Gasteiger partial charge < -0.3 is 5.11 Å². The molecule has 0 radical (unpaired) electrons. The van der Waals surface area contributed by atoms with E-state index in [1.165, 1.54) is 0 Å². The first-order valence-corrected chi connectivity index (χ1v) is 4.57. The van der Waals surface area contributed by atoms with Crippen molar-refractivity contribution in [3.05, 3.63) is 0 Å². The van der Waals surface area contributed by atoms with E-state index in [1.807, 2.05) is 0 Å². The number of hydrogen-bond acceptors (Lipinski definition) is 3. The summed E-state index contributed by atoms with van der Waals surface area (Å²) >= 11 is -0.0109. The third-order valence-electron chi connectivity index (χ3n) is 1.61. The molecule has 0 aliphatic carbocycles. The van der Waals surface area contributed by atoms with Gasteiger partial charge in [0.2, 0.25) is 0 Å². The van der Waals surface area contributed by atoms with Gasteiger partial charge in [0.05, 0.1) is 6.10 Å². The number of thioether (sulfide) groups is 1. The summed E-state index contributed by atoms with van der Waals surface area (Å²) < 4.78 is 34.8. The van der Waals surface area contributed by atoms with Crippen LogP contribution < -0.4 is 0 Å². The second-order valence-electron chi connectivity index (χ2n) is 2.71. The molecule has 0 unspecified atom stereocenters. The molecule has 1 fully saturated rings. The molecule has 0 amide bonds. The first-order chi connectivity index (χ1) is 5.47. The Labute approximate surface area is 72.7 Å². The normalized spacial score (nSPS) is 21.0. The Hall–Kier alpha value is 0.0600. The molecule has 0 aromatic carbocycles. The van der Waals surface area contributed by atoms with Gasteiger partial charge in [-0.05, 0) is 11.8 Å². The fourth-order valence-electron chi connectivity index (χ4n) is 1.02. The van der Waals surface area contributed by atoms with E-state index in [0.29, 0.717) is 19.6 Å². The molecule has 0 spiro atoms. The first kappa shape index (κ1) is 10.1. The van der Waals surface area contributed by atoms with Crippen LogP contribution in [0.3, 0.4) is 0 Å². The second kappa shape index (κ2) is 3.85. The summed E-state index contributed by atoms with van der Waals surface area (Å²) in [6, 6.07) is 0.